The second-order valence-electron chi connectivity index (χ2n) is 15.9. The van der Waals surface area contributed by atoms with Crippen molar-refractivity contribution < 1.29 is 14.4 Å². The summed E-state index contributed by atoms with van der Waals surface area (Å²) in [5.74, 6) is 13.6. The summed E-state index contributed by atoms with van der Waals surface area (Å²) in [5, 5.41) is 3.40. The predicted octanol–water partition coefficient (Wildman–Crippen LogP) is 6.92. The van der Waals surface area contributed by atoms with E-state index in [0.717, 1.165) is 101 Å². The third-order valence-corrected chi connectivity index (χ3v) is 11.6. The van der Waals surface area contributed by atoms with Gasteiger partial charge in [-0.3, -0.25) is 34.6 Å². The van der Waals surface area contributed by atoms with Crippen molar-refractivity contribution in [3.63, 3.8) is 0 Å². The largest absolute Gasteiger partial charge is 0.332 e. The highest BCUT2D eigenvalue weighted by Crippen LogP contribution is 2.25. The number of hydrogen-bond acceptors (Lipinski definition) is 8. The second-order valence-corrected chi connectivity index (χ2v) is 15.9. The van der Waals surface area contributed by atoms with Crippen molar-refractivity contribution in [2.24, 2.45) is 0 Å². The summed E-state index contributed by atoms with van der Waals surface area (Å²) < 4.78 is 0. The van der Waals surface area contributed by atoms with E-state index in [1.807, 2.05) is 83.9 Å². The third kappa shape index (κ3) is 10.2. The summed E-state index contributed by atoms with van der Waals surface area (Å²) in [6.07, 6.45) is 9.60. The molecular weight excluding hydrogens is 785 g/mol. The Kier molecular flexibility index (Phi) is 12.4. The fourth-order valence-electron chi connectivity index (χ4n) is 7.96. The van der Waals surface area contributed by atoms with E-state index in [0.29, 0.717) is 43.9 Å². The first kappa shape index (κ1) is 40.9. The minimum absolute atomic E-state index is 0.00577. The van der Waals surface area contributed by atoms with Crippen molar-refractivity contribution in [1.82, 2.24) is 35.0 Å². The average molecular weight is 831 g/mol. The lowest BCUT2D eigenvalue weighted by molar-refractivity contribution is -0.120. The molecule has 312 valence electrons. The highest BCUT2D eigenvalue weighted by molar-refractivity contribution is 6.05. The van der Waals surface area contributed by atoms with E-state index >= 15 is 0 Å². The zero-order valence-electron chi connectivity index (χ0n) is 35.0. The Bertz CT molecular complexity index is 2830. The number of rotatable bonds is 8. The summed E-state index contributed by atoms with van der Waals surface area (Å²) in [4.78, 5) is 59.6. The SMILES string of the molecule is O=C1CCN(c2cccc(C#CCCN3CCN(CC#Cc4ccc(/C=C/c5ccc(C(=O)N6CCc7cnc(-c8cnc9ccccc9c8)nc7C6)cc5)cc4)CC3)c2)C(=O)N1. The van der Waals surface area contributed by atoms with Crippen LogP contribution in [0.1, 0.15) is 56.7 Å². The number of pyridine rings is 1. The molecule has 0 aliphatic carbocycles. The maximum Gasteiger partial charge on any atom is 0.328 e. The van der Waals surface area contributed by atoms with Crippen LogP contribution in [0, 0.1) is 23.7 Å². The average Bonchev–Trinajstić information content (AvgIpc) is 3.32. The molecule has 0 saturated carbocycles. The fourth-order valence-corrected chi connectivity index (χ4v) is 7.96. The van der Waals surface area contributed by atoms with Crippen LogP contribution in [0.4, 0.5) is 10.5 Å². The van der Waals surface area contributed by atoms with E-state index in [2.05, 4.69) is 91.3 Å². The Balaban J connectivity index is 0.704. The summed E-state index contributed by atoms with van der Waals surface area (Å²) in [7, 11) is 0. The second kappa shape index (κ2) is 19.1. The third-order valence-electron chi connectivity index (χ3n) is 11.6. The zero-order chi connectivity index (χ0) is 43.0. The van der Waals surface area contributed by atoms with Crippen molar-refractivity contribution in [3.8, 4) is 35.1 Å². The lowest BCUT2D eigenvalue weighted by Gasteiger charge is -2.33. The molecule has 3 aliphatic heterocycles. The highest BCUT2D eigenvalue weighted by Gasteiger charge is 2.25. The van der Waals surface area contributed by atoms with Crippen LogP contribution in [0.3, 0.4) is 0 Å². The monoisotopic (exact) mass is 830 g/mol. The first-order chi connectivity index (χ1) is 30.9. The maximum atomic E-state index is 13.6. The van der Waals surface area contributed by atoms with Crippen molar-refractivity contribution in [3.05, 3.63) is 155 Å². The van der Waals surface area contributed by atoms with Crippen LogP contribution in [0.2, 0.25) is 0 Å². The number of nitrogens with one attached hydrogen (secondary N) is 1. The Hall–Kier alpha value is -7.44. The van der Waals surface area contributed by atoms with Gasteiger partial charge >= 0.3 is 6.03 Å². The molecule has 4 aromatic carbocycles. The molecule has 11 nitrogen and oxygen atoms in total. The summed E-state index contributed by atoms with van der Waals surface area (Å²) in [6, 6.07) is 33.3. The molecule has 2 fully saturated rings. The Morgan fingerprint density at radius 2 is 1.48 bits per heavy atom. The molecule has 1 N–H and O–H groups in total. The molecule has 9 rings (SSSR count). The van der Waals surface area contributed by atoms with Crippen LogP contribution in [0.5, 0.6) is 0 Å². The van der Waals surface area contributed by atoms with Crippen molar-refractivity contribution >= 4 is 46.6 Å². The summed E-state index contributed by atoms with van der Waals surface area (Å²) >= 11 is 0. The van der Waals surface area contributed by atoms with Gasteiger partial charge in [0, 0.05) is 104 Å². The number of anilines is 1. The quantitative estimate of drug-likeness (QED) is 0.130. The van der Waals surface area contributed by atoms with Crippen molar-refractivity contribution in [2.45, 2.75) is 25.8 Å². The molecule has 2 aromatic heterocycles. The fraction of sp³-hybridized carbons (Fsp3) is 0.231. The van der Waals surface area contributed by atoms with Crippen LogP contribution >= 0.6 is 0 Å². The van der Waals surface area contributed by atoms with Gasteiger partial charge in [-0.25, -0.2) is 14.8 Å². The number of imide groups is 1. The number of piperazine rings is 1. The number of carbonyl (C=O) groups excluding carboxylic acids is 3. The number of urea groups is 1. The zero-order valence-corrected chi connectivity index (χ0v) is 35.0. The number of para-hydroxylation sites is 1. The molecule has 4 amide bonds. The van der Waals surface area contributed by atoms with Gasteiger partial charge in [-0.2, -0.15) is 0 Å². The van der Waals surface area contributed by atoms with Crippen LogP contribution in [-0.2, 0) is 17.8 Å². The number of fused-ring (bicyclic) bond motifs is 2. The molecule has 6 aromatic rings. The smallest absolute Gasteiger partial charge is 0.328 e. The van der Waals surface area contributed by atoms with E-state index in [1.165, 1.54) is 0 Å². The van der Waals surface area contributed by atoms with Gasteiger partial charge in [-0.15, -0.1) is 0 Å². The Labute approximate surface area is 367 Å². The van der Waals surface area contributed by atoms with Gasteiger partial charge in [0.05, 0.1) is 24.3 Å². The number of hydrogen-bond donors (Lipinski definition) is 1. The minimum atomic E-state index is -0.389. The first-order valence-corrected chi connectivity index (χ1v) is 21.4. The topological polar surface area (TPSA) is 115 Å². The minimum Gasteiger partial charge on any atom is -0.332 e. The van der Waals surface area contributed by atoms with Crippen LogP contribution < -0.4 is 10.2 Å². The van der Waals surface area contributed by atoms with Crippen molar-refractivity contribution in [1.29, 1.82) is 0 Å². The normalized spacial score (nSPS) is 15.6. The summed E-state index contributed by atoms with van der Waals surface area (Å²) in [6.45, 7) is 6.99. The van der Waals surface area contributed by atoms with E-state index in [-0.39, 0.29) is 17.8 Å². The van der Waals surface area contributed by atoms with E-state index < -0.39 is 0 Å². The number of amides is 4. The van der Waals surface area contributed by atoms with Crippen LogP contribution in [-0.4, -0.2) is 99.9 Å². The number of benzene rings is 4. The predicted molar refractivity (Wildman–Crippen MR) is 246 cm³/mol. The lowest BCUT2D eigenvalue weighted by atomic mass is 10.0. The van der Waals surface area contributed by atoms with Gasteiger partial charge in [0.15, 0.2) is 5.82 Å². The molecule has 2 saturated heterocycles. The Morgan fingerprint density at radius 3 is 2.29 bits per heavy atom. The number of nitrogens with zero attached hydrogens (tertiary/aromatic N) is 7. The van der Waals surface area contributed by atoms with E-state index in [9.17, 15) is 14.4 Å². The molecule has 3 aliphatic rings. The number of carbonyl (C=O) groups is 3. The van der Waals surface area contributed by atoms with Gasteiger partial charge in [0.2, 0.25) is 5.91 Å². The molecule has 63 heavy (non-hydrogen) atoms. The molecule has 11 heteroatoms. The Morgan fingerprint density at radius 1 is 0.714 bits per heavy atom. The molecule has 0 radical (unpaired) electrons. The van der Waals surface area contributed by atoms with Crippen molar-refractivity contribution in [2.75, 3.05) is 57.3 Å². The van der Waals surface area contributed by atoms with E-state index in [1.54, 1.807) is 11.1 Å². The molecule has 5 heterocycles. The standard InChI is InChI=1S/C52H46N8O3/c61-49-24-28-60(52(63)56-49)46-11-5-8-41(33-46)7-3-4-25-57-29-31-58(32-30-57)26-6-9-38-13-15-39(16-14-38)17-18-40-19-21-42(22-20-40)51(62)59-27-23-44-35-54-50(55-48(44)37-59)45-34-43-10-1-2-12-47(43)53-36-45/h1-2,5,8,10-22,33-36H,4,23-32,37H2,(H,56,61,63)/b18-17+. The molecule has 0 atom stereocenters. The van der Waals surface area contributed by atoms with Gasteiger partial charge in [0.1, 0.15) is 0 Å². The van der Waals surface area contributed by atoms with Gasteiger partial charge in [-0.05, 0) is 77.7 Å². The van der Waals surface area contributed by atoms with Crippen LogP contribution in [0.15, 0.2) is 116 Å². The molecule has 0 bridgehead atoms. The van der Waals surface area contributed by atoms with Gasteiger partial charge in [0.25, 0.3) is 5.91 Å². The lowest BCUT2D eigenvalue weighted by Crippen LogP contribution is -2.49. The number of aromatic nitrogens is 3. The van der Waals surface area contributed by atoms with Gasteiger partial charge in [-0.1, -0.05) is 84.4 Å². The van der Waals surface area contributed by atoms with Gasteiger partial charge < -0.3 is 4.90 Å². The maximum absolute atomic E-state index is 13.6. The van der Waals surface area contributed by atoms with E-state index in [4.69, 9.17) is 4.98 Å². The summed E-state index contributed by atoms with van der Waals surface area (Å²) in [5.41, 5.74) is 9.08. The van der Waals surface area contributed by atoms with Crippen LogP contribution in [0.25, 0.3) is 34.4 Å². The molecule has 0 spiro atoms. The molecular formula is C52H46N8O3. The molecule has 0 unspecified atom stereocenters. The highest BCUT2D eigenvalue weighted by atomic mass is 16.2. The first-order valence-electron chi connectivity index (χ1n) is 21.4.